The summed E-state index contributed by atoms with van der Waals surface area (Å²) in [5, 5.41) is 0.821. The summed E-state index contributed by atoms with van der Waals surface area (Å²) in [5.41, 5.74) is 5.07. The molecule has 0 bridgehead atoms. The van der Waals surface area contributed by atoms with E-state index < -0.39 is 0 Å². The van der Waals surface area contributed by atoms with Crippen molar-refractivity contribution in [1.29, 1.82) is 0 Å². The van der Waals surface area contributed by atoms with Gasteiger partial charge in [-0.1, -0.05) is 17.7 Å². The predicted octanol–water partition coefficient (Wildman–Crippen LogP) is 3.85. The lowest BCUT2D eigenvalue weighted by atomic mass is 9.99. The summed E-state index contributed by atoms with van der Waals surface area (Å²) >= 11 is 6.10. The maximum Gasteiger partial charge on any atom is 0.105 e. The molecule has 1 aromatic carbocycles. The molecule has 0 spiro atoms. The van der Waals surface area contributed by atoms with Crippen molar-refractivity contribution in [3.63, 3.8) is 0 Å². The van der Waals surface area contributed by atoms with Crippen molar-refractivity contribution < 1.29 is 0 Å². The van der Waals surface area contributed by atoms with Gasteiger partial charge in [0, 0.05) is 36.7 Å². The van der Waals surface area contributed by atoms with Crippen LogP contribution in [0.5, 0.6) is 0 Å². The lowest BCUT2D eigenvalue weighted by molar-refractivity contribution is 0.724. The largest absolute Gasteiger partial charge is 0.366 e. The SMILES string of the molecule is Cc1nccn1Cc1cncc(N2CCc3cc(Cl)ccc3C2)c1. The average Bonchev–Trinajstić information content (AvgIpc) is 2.99. The fourth-order valence-corrected chi connectivity index (χ4v) is 3.44. The molecule has 3 aromatic rings. The summed E-state index contributed by atoms with van der Waals surface area (Å²) < 4.78 is 2.13. The van der Waals surface area contributed by atoms with Crippen molar-refractivity contribution in [2.45, 2.75) is 26.4 Å². The first-order valence-electron chi connectivity index (χ1n) is 8.13. The van der Waals surface area contributed by atoms with Gasteiger partial charge in [0.2, 0.25) is 0 Å². The number of halogens is 1. The number of rotatable bonds is 3. The van der Waals surface area contributed by atoms with Crippen LogP contribution in [-0.4, -0.2) is 21.1 Å². The van der Waals surface area contributed by atoms with Crippen LogP contribution in [-0.2, 0) is 19.5 Å². The molecule has 4 rings (SSSR count). The van der Waals surface area contributed by atoms with Crippen molar-refractivity contribution in [2.24, 2.45) is 0 Å². The summed E-state index contributed by atoms with van der Waals surface area (Å²) in [6.45, 7) is 4.71. The lowest BCUT2D eigenvalue weighted by Crippen LogP contribution is -2.30. The minimum absolute atomic E-state index is 0.798. The maximum absolute atomic E-state index is 6.10. The first kappa shape index (κ1) is 15.2. The van der Waals surface area contributed by atoms with E-state index in [4.69, 9.17) is 11.6 Å². The Kier molecular flexibility index (Phi) is 3.98. The van der Waals surface area contributed by atoms with Crippen LogP contribution in [0.4, 0.5) is 5.69 Å². The van der Waals surface area contributed by atoms with Gasteiger partial charge < -0.3 is 9.47 Å². The molecule has 122 valence electrons. The molecule has 0 fully saturated rings. The highest BCUT2D eigenvalue weighted by atomic mass is 35.5. The molecule has 0 saturated heterocycles. The van der Waals surface area contributed by atoms with Gasteiger partial charge in [0.05, 0.1) is 18.4 Å². The zero-order valence-electron chi connectivity index (χ0n) is 13.6. The van der Waals surface area contributed by atoms with Gasteiger partial charge >= 0.3 is 0 Å². The van der Waals surface area contributed by atoms with Crippen LogP contribution in [0.15, 0.2) is 49.1 Å². The van der Waals surface area contributed by atoms with E-state index in [9.17, 15) is 0 Å². The molecule has 0 unspecified atom stereocenters. The molecule has 0 atom stereocenters. The number of imidazole rings is 1. The Labute approximate surface area is 146 Å². The molecule has 1 aliphatic heterocycles. The van der Waals surface area contributed by atoms with Crippen molar-refractivity contribution in [1.82, 2.24) is 14.5 Å². The minimum atomic E-state index is 0.798. The van der Waals surface area contributed by atoms with Gasteiger partial charge in [-0.05, 0) is 48.2 Å². The quantitative estimate of drug-likeness (QED) is 0.727. The number of fused-ring (bicyclic) bond motifs is 1. The number of hydrogen-bond acceptors (Lipinski definition) is 3. The molecule has 0 N–H and O–H groups in total. The van der Waals surface area contributed by atoms with E-state index in [2.05, 4.69) is 37.6 Å². The van der Waals surface area contributed by atoms with E-state index in [-0.39, 0.29) is 0 Å². The summed E-state index contributed by atoms with van der Waals surface area (Å²) in [4.78, 5) is 11.1. The van der Waals surface area contributed by atoms with Crippen LogP contribution in [0.25, 0.3) is 0 Å². The van der Waals surface area contributed by atoms with Crippen molar-refractivity contribution in [3.05, 3.63) is 76.6 Å². The summed E-state index contributed by atoms with van der Waals surface area (Å²) in [6, 6.07) is 8.43. The molecule has 0 aliphatic carbocycles. The van der Waals surface area contributed by atoms with Crippen LogP contribution in [0.2, 0.25) is 5.02 Å². The highest BCUT2D eigenvalue weighted by Crippen LogP contribution is 2.26. The second kappa shape index (κ2) is 6.29. The fourth-order valence-electron chi connectivity index (χ4n) is 3.24. The van der Waals surface area contributed by atoms with Gasteiger partial charge in [0.15, 0.2) is 0 Å². The lowest BCUT2D eigenvalue weighted by Gasteiger charge is -2.30. The molecule has 5 heteroatoms. The van der Waals surface area contributed by atoms with Crippen LogP contribution >= 0.6 is 11.6 Å². The maximum atomic E-state index is 6.10. The molecule has 1 aliphatic rings. The number of benzene rings is 1. The van der Waals surface area contributed by atoms with E-state index in [1.807, 2.05) is 37.8 Å². The highest BCUT2D eigenvalue weighted by Gasteiger charge is 2.17. The van der Waals surface area contributed by atoms with E-state index in [1.165, 1.54) is 22.4 Å². The third-order valence-corrected chi connectivity index (χ3v) is 4.84. The van der Waals surface area contributed by atoms with E-state index in [0.29, 0.717) is 0 Å². The number of aryl methyl sites for hydroxylation is 1. The van der Waals surface area contributed by atoms with Crippen LogP contribution in [0.3, 0.4) is 0 Å². The van der Waals surface area contributed by atoms with E-state index >= 15 is 0 Å². The molecule has 0 saturated carbocycles. The van der Waals surface area contributed by atoms with E-state index in [1.54, 1.807) is 0 Å². The van der Waals surface area contributed by atoms with Crippen LogP contribution < -0.4 is 4.90 Å². The molecule has 0 amide bonds. The summed E-state index contributed by atoms with van der Waals surface area (Å²) in [7, 11) is 0. The number of pyridine rings is 1. The molecule has 3 heterocycles. The Morgan fingerprint density at radius 3 is 2.92 bits per heavy atom. The Morgan fingerprint density at radius 2 is 2.08 bits per heavy atom. The topological polar surface area (TPSA) is 34.0 Å². The third-order valence-electron chi connectivity index (χ3n) is 4.60. The zero-order valence-corrected chi connectivity index (χ0v) is 14.4. The fraction of sp³-hybridized carbons (Fsp3) is 0.263. The van der Waals surface area contributed by atoms with Gasteiger partial charge in [-0.3, -0.25) is 4.98 Å². The first-order valence-corrected chi connectivity index (χ1v) is 8.51. The zero-order chi connectivity index (χ0) is 16.5. The molecule has 24 heavy (non-hydrogen) atoms. The molecular formula is C19H19ClN4. The molecule has 2 aromatic heterocycles. The van der Waals surface area contributed by atoms with Crippen LogP contribution in [0, 0.1) is 6.92 Å². The van der Waals surface area contributed by atoms with Crippen LogP contribution in [0.1, 0.15) is 22.5 Å². The Morgan fingerprint density at radius 1 is 1.17 bits per heavy atom. The van der Waals surface area contributed by atoms with Crippen molar-refractivity contribution in [2.75, 3.05) is 11.4 Å². The summed E-state index contributed by atoms with van der Waals surface area (Å²) in [6.07, 6.45) is 8.73. The van der Waals surface area contributed by atoms with Gasteiger partial charge in [0.25, 0.3) is 0 Å². The smallest absolute Gasteiger partial charge is 0.105 e. The Bertz CT molecular complexity index is 871. The van der Waals surface area contributed by atoms with Gasteiger partial charge in [-0.2, -0.15) is 0 Å². The number of anilines is 1. The van der Waals surface area contributed by atoms with Crippen molar-refractivity contribution >= 4 is 17.3 Å². The number of hydrogen-bond donors (Lipinski definition) is 0. The van der Waals surface area contributed by atoms with Gasteiger partial charge in [-0.15, -0.1) is 0 Å². The molecule has 0 radical (unpaired) electrons. The second-order valence-corrected chi connectivity index (χ2v) is 6.67. The Hall–Kier alpha value is -2.33. The van der Waals surface area contributed by atoms with Gasteiger partial charge in [-0.25, -0.2) is 4.98 Å². The number of nitrogens with zero attached hydrogens (tertiary/aromatic N) is 4. The average molecular weight is 339 g/mol. The van der Waals surface area contributed by atoms with Crippen molar-refractivity contribution in [3.8, 4) is 0 Å². The van der Waals surface area contributed by atoms with E-state index in [0.717, 1.165) is 36.9 Å². The third kappa shape index (κ3) is 3.02. The normalized spacial score (nSPS) is 13.8. The standard InChI is InChI=1S/C19H19ClN4/c1-14-22-5-7-23(14)12-15-8-19(11-21-10-15)24-6-4-16-9-18(20)3-2-17(16)13-24/h2-3,5,7-11H,4,6,12-13H2,1H3. The van der Waals surface area contributed by atoms with Gasteiger partial charge in [0.1, 0.15) is 5.82 Å². The summed E-state index contributed by atoms with van der Waals surface area (Å²) in [5.74, 6) is 1.02. The number of aromatic nitrogens is 3. The Balaban J connectivity index is 1.56. The predicted molar refractivity (Wildman–Crippen MR) is 96.5 cm³/mol. The minimum Gasteiger partial charge on any atom is -0.366 e. The highest BCUT2D eigenvalue weighted by molar-refractivity contribution is 6.30. The molecule has 4 nitrogen and oxygen atoms in total. The monoisotopic (exact) mass is 338 g/mol. The first-order chi connectivity index (χ1) is 11.7. The second-order valence-electron chi connectivity index (χ2n) is 6.24. The molecular weight excluding hydrogens is 320 g/mol.